The van der Waals surface area contributed by atoms with E-state index >= 15 is 0 Å². The quantitative estimate of drug-likeness (QED) is 0.871. The number of hydrogen-bond acceptors (Lipinski definition) is 2. The molecule has 1 fully saturated rings. The van der Waals surface area contributed by atoms with Crippen LogP contribution in [-0.2, 0) is 6.54 Å². The van der Waals surface area contributed by atoms with E-state index in [1.54, 1.807) is 0 Å². The summed E-state index contributed by atoms with van der Waals surface area (Å²) in [6.07, 6.45) is 2.39. The number of rotatable bonds is 5. The van der Waals surface area contributed by atoms with E-state index in [1.165, 1.54) is 12.0 Å². The summed E-state index contributed by atoms with van der Waals surface area (Å²) in [4.78, 5) is 2.63. The van der Waals surface area contributed by atoms with Crippen LogP contribution in [0, 0.1) is 5.92 Å². The van der Waals surface area contributed by atoms with Gasteiger partial charge in [0.15, 0.2) is 0 Å². The van der Waals surface area contributed by atoms with Crippen molar-refractivity contribution in [1.82, 2.24) is 10.2 Å². The fourth-order valence-corrected chi connectivity index (χ4v) is 3.37. The van der Waals surface area contributed by atoms with Gasteiger partial charge in [-0.1, -0.05) is 50.6 Å². The highest BCUT2D eigenvalue weighted by Crippen LogP contribution is 2.26. The Morgan fingerprint density at radius 1 is 1.38 bits per heavy atom. The molecule has 1 saturated heterocycles. The van der Waals surface area contributed by atoms with E-state index in [1.807, 2.05) is 12.1 Å². The number of hydrogen-bond donors (Lipinski definition) is 1. The van der Waals surface area contributed by atoms with Gasteiger partial charge in [-0.05, 0) is 37.3 Å². The molecule has 2 atom stereocenters. The van der Waals surface area contributed by atoms with Crippen LogP contribution < -0.4 is 5.32 Å². The summed E-state index contributed by atoms with van der Waals surface area (Å²) >= 11 is 6.36. The zero-order chi connectivity index (χ0) is 15.5. The molecule has 1 N–H and O–H groups in total. The Labute approximate surface area is 134 Å². The first-order valence-electron chi connectivity index (χ1n) is 8.16. The van der Waals surface area contributed by atoms with Crippen LogP contribution in [0.25, 0.3) is 0 Å². The second-order valence-corrected chi connectivity index (χ2v) is 7.48. The molecule has 1 aliphatic rings. The van der Waals surface area contributed by atoms with Crippen molar-refractivity contribution >= 4 is 11.6 Å². The summed E-state index contributed by atoms with van der Waals surface area (Å²) in [5.41, 5.74) is 1.46. The molecule has 0 spiro atoms. The van der Waals surface area contributed by atoms with Crippen molar-refractivity contribution in [2.75, 3.05) is 13.1 Å². The van der Waals surface area contributed by atoms with E-state index in [9.17, 15) is 0 Å². The van der Waals surface area contributed by atoms with Gasteiger partial charge in [-0.15, -0.1) is 0 Å². The molecule has 1 aromatic rings. The van der Waals surface area contributed by atoms with Crippen LogP contribution in [0.1, 0.15) is 46.1 Å². The molecule has 0 aromatic heterocycles. The molecule has 1 aliphatic heterocycles. The Morgan fingerprint density at radius 3 is 2.71 bits per heavy atom. The first-order chi connectivity index (χ1) is 9.93. The fraction of sp³-hybridized carbons (Fsp3) is 0.667. The molecule has 0 aliphatic carbocycles. The van der Waals surface area contributed by atoms with Crippen LogP contribution >= 0.6 is 11.6 Å². The Morgan fingerprint density at radius 2 is 2.10 bits per heavy atom. The van der Waals surface area contributed by atoms with Crippen molar-refractivity contribution in [3.05, 3.63) is 34.9 Å². The number of nitrogens with one attached hydrogen (secondary N) is 1. The maximum atomic E-state index is 6.36. The van der Waals surface area contributed by atoms with Gasteiger partial charge in [0, 0.05) is 36.2 Å². The van der Waals surface area contributed by atoms with Crippen molar-refractivity contribution in [2.24, 2.45) is 5.92 Å². The largest absolute Gasteiger partial charge is 0.309 e. The molecule has 0 amide bonds. The average molecular weight is 309 g/mol. The summed E-state index contributed by atoms with van der Waals surface area (Å²) in [7, 11) is 0. The topological polar surface area (TPSA) is 15.3 Å². The minimum Gasteiger partial charge on any atom is -0.309 e. The first-order valence-corrected chi connectivity index (χ1v) is 8.54. The van der Waals surface area contributed by atoms with Gasteiger partial charge in [0.25, 0.3) is 0 Å². The van der Waals surface area contributed by atoms with E-state index in [2.05, 4.69) is 50.0 Å². The van der Waals surface area contributed by atoms with Crippen LogP contribution in [0.4, 0.5) is 0 Å². The number of halogens is 1. The lowest BCUT2D eigenvalue weighted by molar-refractivity contribution is 0.0664. The third kappa shape index (κ3) is 4.45. The van der Waals surface area contributed by atoms with Crippen LogP contribution in [0.2, 0.25) is 5.02 Å². The van der Waals surface area contributed by atoms with Gasteiger partial charge >= 0.3 is 0 Å². The molecule has 1 aromatic carbocycles. The number of nitrogens with zero attached hydrogens (tertiary/aromatic N) is 1. The second kappa shape index (κ2) is 7.13. The highest BCUT2D eigenvalue weighted by Gasteiger charge is 2.34. The molecule has 118 valence electrons. The van der Waals surface area contributed by atoms with Crippen molar-refractivity contribution < 1.29 is 0 Å². The van der Waals surface area contributed by atoms with E-state index < -0.39 is 0 Å². The minimum atomic E-state index is 0.217. The van der Waals surface area contributed by atoms with Gasteiger partial charge in [-0.2, -0.15) is 0 Å². The van der Waals surface area contributed by atoms with Crippen LogP contribution in [0.15, 0.2) is 24.3 Å². The van der Waals surface area contributed by atoms with Crippen LogP contribution in [-0.4, -0.2) is 29.6 Å². The first kappa shape index (κ1) is 16.8. The standard InChI is InChI=1S/C18H29ClN2/c1-5-18(4)13-21(16(11-20-18)10-14(2)3)12-15-8-6-7-9-17(15)19/h6-9,14,16,20H,5,10-13H2,1-4H3. The van der Waals surface area contributed by atoms with Crippen molar-refractivity contribution in [2.45, 2.75) is 58.7 Å². The lowest BCUT2D eigenvalue weighted by Crippen LogP contribution is -2.62. The molecule has 0 saturated carbocycles. The van der Waals surface area contributed by atoms with Gasteiger partial charge in [-0.25, -0.2) is 0 Å². The van der Waals surface area contributed by atoms with Crippen molar-refractivity contribution in [1.29, 1.82) is 0 Å². The Hall–Kier alpha value is -0.570. The summed E-state index contributed by atoms with van der Waals surface area (Å²) in [6, 6.07) is 8.84. The molecular formula is C18H29ClN2. The van der Waals surface area contributed by atoms with E-state index in [0.717, 1.165) is 37.0 Å². The monoisotopic (exact) mass is 308 g/mol. The van der Waals surface area contributed by atoms with Crippen LogP contribution in [0.3, 0.4) is 0 Å². The van der Waals surface area contributed by atoms with Crippen molar-refractivity contribution in [3.8, 4) is 0 Å². The molecule has 21 heavy (non-hydrogen) atoms. The molecule has 2 nitrogen and oxygen atoms in total. The third-order valence-corrected chi connectivity index (χ3v) is 5.06. The van der Waals surface area contributed by atoms with Crippen LogP contribution in [0.5, 0.6) is 0 Å². The zero-order valence-corrected chi connectivity index (χ0v) is 14.6. The lowest BCUT2D eigenvalue weighted by Gasteiger charge is -2.46. The highest BCUT2D eigenvalue weighted by atomic mass is 35.5. The summed E-state index contributed by atoms with van der Waals surface area (Å²) in [6.45, 7) is 12.3. The molecule has 3 heteroatoms. The SMILES string of the molecule is CCC1(C)CN(Cc2ccccc2Cl)C(CC(C)C)CN1. The fourth-order valence-electron chi connectivity index (χ4n) is 3.17. The predicted molar refractivity (Wildman–Crippen MR) is 91.8 cm³/mol. The molecule has 1 heterocycles. The lowest BCUT2D eigenvalue weighted by atomic mass is 9.90. The zero-order valence-electron chi connectivity index (χ0n) is 13.8. The Balaban J connectivity index is 2.15. The molecule has 2 rings (SSSR count). The second-order valence-electron chi connectivity index (χ2n) is 7.07. The van der Waals surface area contributed by atoms with Gasteiger partial charge in [0.2, 0.25) is 0 Å². The smallest absolute Gasteiger partial charge is 0.0451 e. The van der Waals surface area contributed by atoms with E-state index in [4.69, 9.17) is 11.6 Å². The maximum absolute atomic E-state index is 6.36. The predicted octanol–water partition coefficient (Wildman–Crippen LogP) is 4.33. The average Bonchev–Trinajstić information content (AvgIpc) is 2.44. The van der Waals surface area contributed by atoms with Gasteiger partial charge in [0.05, 0.1) is 0 Å². The van der Waals surface area contributed by atoms with Gasteiger partial charge < -0.3 is 5.32 Å². The Kier molecular flexibility index (Phi) is 5.70. The minimum absolute atomic E-state index is 0.217. The van der Waals surface area contributed by atoms with Gasteiger partial charge in [0.1, 0.15) is 0 Å². The van der Waals surface area contributed by atoms with E-state index in [-0.39, 0.29) is 5.54 Å². The Bertz CT molecular complexity index is 460. The van der Waals surface area contributed by atoms with Gasteiger partial charge in [-0.3, -0.25) is 4.90 Å². The maximum Gasteiger partial charge on any atom is 0.0451 e. The normalized spacial score (nSPS) is 27.2. The van der Waals surface area contributed by atoms with E-state index in [0.29, 0.717) is 6.04 Å². The molecule has 0 bridgehead atoms. The van der Waals surface area contributed by atoms with Crippen molar-refractivity contribution in [3.63, 3.8) is 0 Å². The summed E-state index contributed by atoms with van der Waals surface area (Å²) in [5, 5.41) is 4.64. The molecule has 0 radical (unpaired) electrons. The highest BCUT2D eigenvalue weighted by molar-refractivity contribution is 6.31. The summed E-state index contributed by atoms with van der Waals surface area (Å²) in [5.74, 6) is 0.719. The molecule has 2 unspecified atom stereocenters. The third-order valence-electron chi connectivity index (χ3n) is 4.69. The number of piperazine rings is 1. The molecular weight excluding hydrogens is 280 g/mol. The number of benzene rings is 1. The summed E-state index contributed by atoms with van der Waals surface area (Å²) < 4.78 is 0.